The average Bonchev–Trinajstić information content (AvgIpc) is 2.65. The molecule has 0 saturated heterocycles. The summed E-state index contributed by atoms with van der Waals surface area (Å²) in [6.45, 7) is 2.79. The van der Waals surface area contributed by atoms with E-state index in [0.717, 1.165) is 53.9 Å². The van der Waals surface area contributed by atoms with E-state index in [4.69, 9.17) is 4.74 Å². The summed E-state index contributed by atoms with van der Waals surface area (Å²) in [5.41, 5.74) is 2.07. The van der Waals surface area contributed by atoms with Crippen LogP contribution >= 0.6 is 0 Å². The Morgan fingerprint density at radius 1 is 1.07 bits per heavy atom. The fraction of sp³-hybridized carbons (Fsp3) is 0.652. The van der Waals surface area contributed by atoms with Gasteiger partial charge in [-0.05, 0) is 80.4 Å². The van der Waals surface area contributed by atoms with E-state index in [1.54, 1.807) is 7.11 Å². The van der Waals surface area contributed by atoms with Gasteiger partial charge in [0.1, 0.15) is 5.75 Å². The quantitative estimate of drug-likeness (QED) is 0.658. The van der Waals surface area contributed by atoms with E-state index in [1.165, 1.54) is 19.3 Å². The maximum absolute atomic E-state index is 12.4. The molecule has 29 heavy (non-hydrogen) atoms. The third-order valence-electron chi connectivity index (χ3n) is 7.02. The van der Waals surface area contributed by atoms with E-state index in [1.807, 2.05) is 25.1 Å². The number of hydrogen-bond acceptors (Lipinski definition) is 3. The van der Waals surface area contributed by atoms with Gasteiger partial charge in [0.05, 0.1) is 7.11 Å². The molecule has 3 N–H and O–H groups in total. The lowest BCUT2D eigenvalue weighted by Gasteiger charge is -2.56. The van der Waals surface area contributed by atoms with E-state index in [0.29, 0.717) is 13.1 Å². The molecule has 0 unspecified atom stereocenters. The second-order valence-electron chi connectivity index (χ2n) is 9.41. The van der Waals surface area contributed by atoms with Crippen LogP contribution in [-0.4, -0.2) is 31.1 Å². The fourth-order valence-corrected chi connectivity index (χ4v) is 6.10. The number of urea groups is 1. The van der Waals surface area contributed by atoms with Crippen LogP contribution in [-0.2, 0) is 11.3 Å². The molecule has 0 spiro atoms. The second-order valence-corrected chi connectivity index (χ2v) is 9.41. The number of carbonyl (C=O) groups is 2. The lowest BCUT2D eigenvalue weighted by molar-refractivity contribution is -0.121. The lowest BCUT2D eigenvalue weighted by Crippen LogP contribution is -2.61. The van der Waals surface area contributed by atoms with Crippen LogP contribution in [0.4, 0.5) is 4.79 Å². The van der Waals surface area contributed by atoms with E-state index in [-0.39, 0.29) is 23.9 Å². The van der Waals surface area contributed by atoms with Gasteiger partial charge in [-0.3, -0.25) is 4.79 Å². The highest BCUT2D eigenvalue weighted by Gasteiger charge is 2.51. The van der Waals surface area contributed by atoms with Crippen molar-refractivity contribution in [3.8, 4) is 5.75 Å². The van der Waals surface area contributed by atoms with Crippen molar-refractivity contribution in [1.29, 1.82) is 0 Å². The van der Waals surface area contributed by atoms with Crippen molar-refractivity contribution in [2.45, 2.75) is 64.0 Å². The molecular weight excluding hydrogens is 366 g/mol. The van der Waals surface area contributed by atoms with E-state index >= 15 is 0 Å². The molecular formula is C23H33N3O3. The molecule has 4 aliphatic carbocycles. The normalized spacial score (nSPS) is 29.4. The van der Waals surface area contributed by atoms with Crippen molar-refractivity contribution in [1.82, 2.24) is 16.0 Å². The summed E-state index contributed by atoms with van der Waals surface area (Å²) in [5, 5.41) is 9.06. The summed E-state index contributed by atoms with van der Waals surface area (Å²) in [6.07, 6.45) is 7.74. The zero-order valence-corrected chi connectivity index (χ0v) is 17.6. The molecule has 0 aliphatic heterocycles. The largest absolute Gasteiger partial charge is 0.496 e. The van der Waals surface area contributed by atoms with Crippen molar-refractivity contribution in [2.24, 2.45) is 17.8 Å². The molecule has 3 amide bonds. The van der Waals surface area contributed by atoms with Crippen molar-refractivity contribution in [3.63, 3.8) is 0 Å². The Labute approximate surface area is 173 Å². The van der Waals surface area contributed by atoms with Crippen LogP contribution in [0.25, 0.3) is 0 Å². The molecule has 0 radical (unpaired) electrons. The Hall–Kier alpha value is -2.24. The Morgan fingerprint density at radius 2 is 1.72 bits per heavy atom. The zero-order chi connectivity index (χ0) is 20.4. The number of carbonyl (C=O) groups excluding carboxylic acids is 2. The number of aryl methyl sites for hydroxylation is 1. The average molecular weight is 400 g/mol. The van der Waals surface area contributed by atoms with Gasteiger partial charge in [0.2, 0.25) is 5.91 Å². The van der Waals surface area contributed by atoms with Crippen LogP contribution in [0.1, 0.15) is 56.1 Å². The topological polar surface area (TPSA) is 79.5 Å². The number of benzene rings is 1. The molecule has 0 heterocycles. The first kappa shape index (κ1) is 20.0. The highest BCUT2D eigenvalue weighted by molar-refractivity contribution is 5.78. The molecule has 1 aromatic rings. The smallest absolute Gasteiger partial charge is 0.315 e. The minimum absolute atomic E-state index is 0.00554. The van der Waals surface area contributed by atoms with Crippen LogP contribution < -0.4 is 20.7 Å². The lowest BCUT2D eigenvalue weighted by atomic mass is 9.53. The van der Waals surface area contributed by atoms with Gasteiger partial charge in [-0.1, -0.05) is 12.1 Å². The first-order chi connectivity index (χ1) is 13.9. The molecule has 0 atom stereocenters. The summed E-state index contributed by atoms with van der Waals surface area (Å²) >= 11 is 0. The van der Waals surface area contributed by atoms with Crippen LogP contribution in [0.5, 0.6) is 5.75 Å². The number of nitrogens with one attached hydrogen (secondary N) is 3. The van der Waals surface area contributed by atoms with Crippen LogP contribution in [0, 0.1) is 24.7 Å². The summed E-state index contributed by atoms with van der Waals surface area (Å²) in [5.74, 6) is 3.15. The molecule has 158 valence electrons. The van der Waals surface area contributed by atoms with Gasteiger partial charge in [-0.25, -0.2) is 4.79 Å². The maximum atomic E-state index is 12.4. The first-order valence-electron chi connectivity index (χ1n) is 10.9. The number of rotatable bonds is 7. The molecule has 5 rings (SSSR count). The van der Waals surface area contributed by atoms with Gasteiger partial charge < -0.3 is 20.7 Å². The van der Waals surface area contributed by atoms with Crippen LogP contribution in [0.15, 0.2) is 18.2 Å². The monoisotopic (exact) mass is 399 g/mol. The number of amides is 3. The molecule has 4 saturated carbocycles. The summed E-state index contributed by atoms with van der Waals surface area (Å²) in [4.78, 5) is 24.5. The van der Waals surface area contributed by atoms with E-state index < -0.39 is 0 Å². The predicted octanol–water partition coefficient (Wildman–Crippen LogP) is 3.28. The van der Waals surface area contributed by atoms with Gasteiger partial charge in [0, 0.05) is 25.0 Å². The van der Waals surface area contributed by atoms with Gasteiger partial charge >= 0.3 is 6.03 Å². The van der Waals surface area contributed by atoms with E-state index in [2.05, 4.69) is 16.0 Å². The summed E-state index contributed by atoms with van der Waals surface area (Å²) in [6, 6.07) is 5.78. The van der Waals surface area contributed by atoms with Gasteiger partial charge in [0.15, 0.2) is 0 Å². The molecule has 6 heteroatoms. The SMILES string of the molecule is COc1cc(CNC(=O)CCNC(=O)NC23CC4CC(CC(C4)C2)C3)ccc1C. The fourth-order valence-electron chi connectivity index (χ4n) is 6.10. The molecule has 4 bridgehead atoms. The highest BCUT2D eigenvalue weighted by Crippen LogP contribution is 2.55. The van der Waals surface area contributed by atoms with Crippen LogP contribution in [0.2, 0.25) is 0 Å². The summed E-state index contributed by atoms with van der Waals surface area (Å²) in [7, 11) is 1.64. The minimum Gasteiger partial charge on any atom is -0.496 e. The second kappa shape index (κ2) is 8.25. The Morgan fingerprint density at radius 3 is 2.34 bits per heavy atom. The third kappa shape index (κ3) is 4.68. The highest BCUT2D eigenvalue weighted by atomic mass is 16.5. The Bertz CT molecular complexity index is 741. The zero-order valence-electron chi connectivity index (χ0n) is 17.6. The molecule has 6 nitrogen and oxygen atoms in total. The third-order valence-corrected chi connectivity index (χ3v) is 7.02. The Balaban J connectivity index is 1.17. The molecule has 4 aliphatic rings. The molecule has 4 fully saturated rings. The number of methoxy groups -OCH3 is 1. The van der Waals surface area contributed by atoms with Crippen LogP contribution in [0.3, 0.4) is 0 Å². The standard InChI is InChI=1S/C23H33N3O3/c1-15-3-4-16(10-20(15)29-2)14-25-21(27)5-6-24-22(28)26-23-11-17-7-18(12-23)9-19(8-17)13-23/h3-4,10,17-19H,5-9,11-14H2,1-2H3,(H,25,27)(H2,24,26,28). The van der Waals surface area contributed by atoms with Gasteiger partial charge in [-0.15, -0.1) is 0 Å². The number of ether oxygens (including phenoxy) is 1. The van der Waals surface area contributed by atoms with Crippen molar-refractivity contribution < 1.29 is 14.3 Å². The Kier molecular flexibility index (Phi) is 5.70. The van der Waals surface area contributed by atoms with E-state index in [9.17, 15) is 9.59 Å². The van der Waals surface area contributed by atoms with Gasteiger partial charge in [0.25, 0.3) is 0 Å². The van der Waals surface area contributed by atoms with Crippen molar-refractivity contribution in [3.05, 3.63) is 29.3 Å². The molecule has 1 aromatic carbocycles. The molecule has 0 aromatic heterocycles. The van der Waals surface area contributed by atoms with Gasteiger partial charge in [-0.2, -0.15) is 0 Å². The first-order valence-corrected chi connectivity index (χ1v) is 10.9. The van der Waals surface area contributed by atoms with Crippen molar-refractivity contribution in [2.75, 3.05) is 13.7 Å². The summed E-state index contributed by atoms with van der Waals surface area (Å²) < 4.78 is 5.32. The van der Waals surface area contributed by atoms with Crippen molar-refractivity contribution >= 4 is 11.9 Å². The predicted molar refractivity (Wildman–Crippen MR) is 112 cm³/mol. The maximum Gasteiger partial charge on any atom is 0.315 e. The number of hydrogen-bond donors (Lipinski definition) is 3. The minimum atomic E-state index is -0.122.